The number of fused-ring (bicyclic) bond motifs is 2. The van der Waals surface area contributed by atoms with Crippen LogP contribution in [0.1, 0.15) is 16.7 Å². The quantitative estimate of drug-likeness (QED) is 0.631. The molecule has 1 amide bonds. The molecule has 0 aromatic heterocycles. The van der Waals surface area contributed by atoms with Crippen LogP contribution in [0.15, 0.2) is 77.7 Å². The average Bonchev–Trinajstić information content (AvgIpc) is 3.22. The highest BCUT2D eigenvalue weighted by Crippen LogP contribution is 2.33. The lowest BCUT2D eigenvalue weighted by molar-refractivity contribution is -0.122. The number of amides is 1. The number of rotatable bonds is 3. The molecule has 5 nitrogen and oxygen atoms in total. The fourth-order valence-electron chi connectivity index (χ4n) is 4.45. The third-order valence-corrected chi connectivity index (χ3v) is 7.93. The molecule has 3 aromatic carbocycles. The number of benzene rings is 3. The molecule has 0 N–H and O–H groups in total. The van der Waals surface area contributed by atoms with Crippen LogP contribution in [0.4, 0.5) is 10.1 Å². The van der Waals surface area contributed by atoms with Crippen LogP contribution in [0, 0.1) is 5.82 Å². The summed E-state index contributed by atoms with van der Waals surface area (Å²) in [6.07, 6.45) is 1.05. The van der Waals surface area contributed by atoms with Crippen LogP contribution < -0.4 is 4.90 Å². The van der Waals surface area contributed by atoms with Crippen molar-refractivity contribution in [3.63, 3.8) is 0 Å². The Labute approximate surface area is 180 Å². The van der Waals surface area contributed by atoms with Crippen molar-refractivity contribution in [1.29, 1.82) is 0 Å². The lowest BCUT2D eigenvalue weighted by Crippen LogP contribution is -2.53. The van der Waals surface area contributed by atoms with Gasteiger partial charge in [0.25, 0.3) is 0 Å². The minimum atomic E-state index is -4.00. The van der Waals surface area contributed by atoms with E-state index < -0.39 is 21.9 Å². The van der Waals surface area contributed by atoms with Crippen molar-refractivity contribution in [1.82, 2.24) is 4.31 Å². The summed E-state index contributed by atoms with van der Waals surface area (Å²) >= 11 is 0. The molecule has 0 saturated heterocycles. The molecular weight excluding hydrogens is 415 g/mol. The fraction of sp³-hybridized carbons (Fsp3) is 0.208. The second-order valence-electron chi connectivity index (χ2n) is 7.86. The van der Waals surface area contributed by atoms with Crippen LogP contribution in [-0.2, 0) is 34.2 Å². The highest BCUT2D eigenvalue weighted by Gasteiger charge is 2.42. The van der Waals surface area contributed by atoms with Gasteiger partial charge < -0.3 is 4.90 Å². The van der Waals surface area contributed by atoms with Gasteiger partial charge in [0.05, 0.1) is 4.90 Å². The summed E-state index contributed by atoms with van der Waals surface area (Å²) in [7, 11) is -4.00. The first-order valence-corrected chi connectivity index (χ1v) is 11.6. The first kappa shape index (κ1) is 19.9. The Morgan fingerprint density at radius 3 is 2.26 bits per heavy atom. The predicted molar refractivity (Wildman–Crippen MR) is 116 cm³/mol. The normalized spacial score (nSPS) is 18.5. The summed E-state index contributed by atoms with van der Waals surface area (Å²) in [5.41, 5.74) is 3.77. The van der Waals surface area contributed by atoms with Crippen molar-refractivity contribution >= 4 is 21.6 Å². The summed E-state index contributed by atoms with van der Waals surface area (Å²) in [6.45, 7) is 0.628. The maximum absolute atomic E-state index is 13.7. The number of hydrogen-bond donors (Lipinski definition) is 0. The summed E-state index contributed by atoms with van der Waals surface area (Å²) < 4.78 is 41.7. The van der Waals surface area contributed by atoms with E-state index in [2.05, 4.69) is 0 Å². The monoisotopic (exact) mass is 436 g/mol. The summed E-state index contributed by atoms with van der Waals surface area (Å²) in [6, 6.07) is 19.2. The van der Waals surface area contributed by atoms with Crippen LogP contribution in [0.2, 0.25) is 0 Å². The molecule has 2 aliphatic heterocycles. The van der Waals surface area contributed by atoms with E-state index in [4.69, 9.17) is 0 Å². The van der Waals surface area contributed by atoms with Crippen LogP contribution >= 0.6 is 0 Å². The third kappa shape index (κ3) is 3.43. The topological polar surface area (TPSA) is 57.7 Å². The van der Waals surface area contributed by atoms with Gasteiger partial charge in [-0.05, 0) is 59.9 Å². The van der Waals surface area contributed by atoms with Gasteiger partial charge in [-0.15, -0.1) is 0 Å². The van der Waals surface area contributed by atoms with Gasteiger partial charge in [0.2, 0.25) is 15.9 Å². The lowest BCUT2D eigenvalue weighted by Gasteiger charge is -2.37. The molecular formula is C24H21FN2O3S. The minimum Gasteiger partial charge on any atom is -0.310 e. The van der Waals surface area contributed by atoms with Crippen molar-refractivity contribution in [2.24, 2.45) is 0 Å². The first-order valence-electron chi connectivity index (χ1n) is 10.2. The number of carbonyl (C=O) groups is 1. The predicted octanol–water partition coefficient (Wildman–Crippen LogP) is 3.53. The molecule has 0 saturated carbocycles. The van der Waals surface area contributed by atoms with Gasteiger partial charge in [0.15, 0.2) is 0 Å². The number of sulfonamides is 1. The second-order valence-corrected chi connectivity index (χ2v) is 9.75. The number of anilines is 1. The van der Waals surface area contributed by atoms with E-state index in [1.165, 1.54) is 16.4 Å². The van der Waals surface area contributed by atoms with E-state index in [1.54, 1.807) is 4.90 Å². The van der Waals surface area contributed by atoms with E-state index in [0.29, 0.717) is 13.0 Å². The highest BCUT2D eigenvalue weighted by atomic mass is 32.2. The smallest absolute Gasteiger partial charge is 0.245 e. The SMILES string of the molecule is O=C([C@H]1Cc2ccccc2CN1S(=O)(=O)c1ccc(F)cc1)N1CCc2ccccc21. The molecule has 0 unspecified atom stereocenters. The van der Waals surface area contributed by atoms with Gasteiger partial charge in [-0.1, -0.05) is 42.5 Å². The van der Waals surface area contributed by atoms with Crippen LogP contribution in [0.25, 0.3) is 0 Å². The lowest BCUT2D eigenvalue weighted by atomic mass is 9.95. The number of hydrogen-bond acceptors (Lipinski definition) is 3. The molecule has 0 fully saturated rings. The first-order chi connectivity index (χ1) is 14.9. The zero-order chi connectivity index (χ0) is 21.6. The number of carbonyl (C=O) groups excluding carboxylic acids is 1. The zero-order valence-electron chi connectivity index (χ0n) is 16.7. The van der Waals surface area contributed by atoms with Gasteiger partial charge in [-0.25, -0.2) is 12.8 Å². The molecule has 3 aromatic rings. The molecule has 2 aliphatic rings. The van der Waals surface area contributed by atoms with Gasteiger partial charge >= 0.3 is 0 Å². The Bertz CT molecular complexity index is 1260. The number of halogens is 1. The highest BCUT2D eigenvalue weighted by molar-refractivity contribution is 7.89. The van der Waals surface area contributed by atoms with Gasteiger partial charge in [0, 0.05) is 18.8 Å². The van der Waals surface area contributed by atoms with Crippen LogP contribution in [0.5, 0.6) is 0 Å². The standard InChI is InChI=1S/C24H21FN2O3S/c25-20-9-11-21(12-10-20)31(29,30)27-16-19-7-2-1-6-18(19)15-23(27)24(28)26-14-13-17-5-3-4-8-22(17)26/h1-12,23H,13-16H2/t23-/m1/s1. The molecule has 0 aliphatic carbocycles. The van der Waals surface area contributed by atoms with E-state index >= 15 is 0 Å². The Hall–Kier alpha value is -3.03. The molecule has 5 rings (SSSR count). The Balaban J connectivity index is 1.56. The molecule has 158 valence electrons. The maximum Gasteiger partial charge on any atom is 0.245 e. The largest absolute Gasteiger partial charge is 0.310 e. The van der Waals surface area contributed by atoms with E-state index in [9.17, 15) is 17.6 Å². The van der Waals surface area contributed by atoms with Crippen molar-refractivity contribution in [2.45, 2.75) is 30.3 Å². The van der Waals surface area contributed by atoms with Crippen molar-refractivity contribution in [3.8, 4) is 0 Å². The van der Waals surface area contributed by atoms with E-state index in [0.717, 1.165) is 40.9 Å². The Kier molecular flexibility index (Phi) is 4.87. The van der Waals surface area contributed by atoms with Crippen LogP contribution in [-0.4, -0.2) is 31.2 Å². The van der Waals surface area contributed by atoms with Crippen molar-refractivity contribution in [2.75, 3.05) is 11.4 Å². The maximum atomic E-state index is 13.7. The number of para-hydroxylation sites is 1. The van der Waals surface area contributed by atoms with E-state index in [-0.39, 0.29) is 17.3 Å². The Morgan fingerprint density at radius 2 is 1.52 bits per heavy atom. The molecule has 0 bridgehead atoms. The van der Waals surface area contributed by atoms with Gasteiger partial charge in [-0.3, -0.25) is 4.79 Å². The van der Waals surface area contributed by atoms with E-state index in [1.807, 2.05) is 48.5 Å². The molecule has 2 heterocycles. The summed E-state index contributed by atoms with van der Waals surface area (Å²) in [5, 5.41) is 0. The van der Waals surface area contributed by atoms with Crippen molar-refractivity contribution < 1.29 is 17.6 Å². The Morgan fingerprint density at radius 1 is 0.871 bits per heavy atom. The van der Waals surface area contributed by atoms with Crippen LogP contribution in [0.3, 0.4) is 0 Å². The minimum absolute atomic E-state index is 0.0205. The molecule has 7 heteroatoms. The molecule has 1 atom stereocenters. The molecule has 0 radical (unpaired) electrons. The summed E-state index contributed by atoms with van der Waals surface area (Å²) in [5.74, 6) is -0.741. The summed E-state index contributed by atoms with van der Waals surface area (Å²) in [4.78, 5) is 15.4. The number of nitrogens with zero attached hydrogens (tertiary/aromatic N) is 2. The van der Waals surface area contributed by atoms with Gasteiger partial charge in [0.1, 0.15) is 11.9 Å². The van der Waals surface area contributed by atoms with Crippen molar-refractivity contribution in [3.05, 3.63) is 95.3 Å². The molecule has 0 spiro atoms. The average molecular weight is 437 g/mol. The molecule has 31 heavy (non-hydrogen) atoms. The third-order valence-electron chi connectivity index (χ3n) is 6.06. The second kappa shape index (κ2) is 7.59. The zero-order valence-corrected chi connectivity index (χ0v) is 17.6. The fourth-order valence-corrected chi connectivity index (χ4v) is 6.01. The van der Waals surface area contributed by atoms with Gasteiger partial charge in [-0.2, -0.15) is 4.31 Å².